The Morgan fingerprint density at radius 3 is 2.77 bits per heavy atom. The average molecular weight is 412 g/mol. The molecule has 30 heavy (non-hydrogen) atoms. The van der Waals surface area contributed by atoms with Crippen molar-refractivity contribution in [3.8, 4) is 0 Å². The minimum atomic E-state index is -1.14. The summed E-state index contributed by atoms with van der Waals surface area (Å²) in [4.78, 5) is 1.99. The number of allylic oxidation sites excluding steroid dienone is 2. The van der Waals surface area contributed by atoms with E-state index >= 15 is 0 Å². The van der Waals surface area contributed by atoms with Crippen LogP contribution in [0.5, 0.6) is 0 Å². The van der Waals surface area contributed by atoms with Gasteiger partial charge in [0.25, 0.3) is 0 Å². The summed E-state index contributed by atoms with van der Waals surface area (Å²) < 4.78 is 15.8. The standard InChI is InChI=1S/C24H34FN5/c1-17(15-29(4)5)18(2)23-13-20(6-7-24(23)28-19(3)25)12-21-14-27-30(16-21)22-8-10-26-11-9-22/h6-7,13-16,19,22,26,28H,2,8-12H2,1,3-5H3/b17-15-. The van der Waals surface area contributed by atoms with Gasteiger partial charge < -0.3 is 15.5 Å². The van der Waals surface area contributed by atoms with Crippen molar-refractivity contribution >= 4 is 11.3 Å². The predicted octanol–water partition coefficient (Wildman–Crippen LogP) is 4.60. The van der Waals surface area contributed by atoms with Gasteiger partial charge in [0.05, 0.1) is 12.2 Å². The lowest BCUT2D eigenvalue weighted by atomic mass is 9.95. The van der Waals surface area contributed by atoms with Crippen LogP contribution in [0.3, 0.4) is 0 Å². The van der Waals surface area contributed by atoms with Gasteiger partial charge in [0.1, 0.15) is 0 Å². The molecule has 1 atom stereocenters. The van der Waals surface area contributed by atoms with E-state index in [1.807, 2.05) is 50.4 Å². The van der Waals surface area contributed by atoms with Gasteiger partial charge in [0.2, 0.25) is 0 Å². The molecule has 3 rings (SSSR count). The highest BCUT2D eigenvalue weighted by Gasteiger charge is 2.16. The SMILES string of the molecule is C=C(/C(C)=C\N(C)C)c1cc(Cc2cnn(C3CCNCC3)c2)ccc1NC(C)F. The smallest absolute Gasteiger partial charge is 0.167 e. The summed E-state index contributed by atoms with van der Waals surface area (Å²) in [5, 5.41) is 10.9. The first-order chi connectivity index (χ1) is 14.3. The van der Waals surface area contributed by atoms with E-state index in [2.05, 4.69) is 39.3 Å². The van der Waals surface area contributed by atoms with Gasteiger partial charge in [-0.25, -0.2) is 4.39 Å². The number of hydrogen-bond acceptors (Lipinski definition) is 4. The molecule has 0 aliphatic carbocycles. The number of piperidine rings is 1. The first-order valence-corrected chi connectivity index (χ1v) is 10.6. The Morgan fingerprint density at radius 2 is 2.10 bits per heavy atom. The van der Waals surface area contributed by atoms with Gasteiger partial charge in [0.15, 0.2) is 6.30 Å². The summed E-state index contributed by atoms with van der Waals surface area (Å²) in [6.07, 6.45) is 8.03. The Kier molecular flexibility index (Phi) is 7.32. The maximum Gasteiger partial charge on any atom is 0.167 e. The molecule has 2 N–H and O–H groups in total. The molecule has 2 heterocycles. The second-order valence-electron chi connectivity index (χ2n) is 8.38. The summed E-state index contributed by atoms with van der Waals surface area (Å²) in [6, 6.07) is 6.59. The van der Waals surface area contributed by atoms with Crippen molar-refractivity contribution < 1.29 is 4.39 Å². The van der Waals surface area contributed by atoms with Crippen LogP contribution in [0.15, 0.2) is 48.9 Å². The van der Waals surface area contributed by atoms with E-state index in [0.717, 1.165) is 60.3 Å². The van der Waals surface area contributed by atoms with Gasteiger partial charge in [-0.15, -0.1) is 0 Å². The van der Waals surface area contributed by atoms with Crippen LogP contribution >= 0.6 is 0 Å². The monoisotopic (exact) mass is 411 g/mol. The number of hydrogen-bond donors (Lipinski definition) is 2. The van der Waals surface area contributed by atoms with E-state index in [0.29, 0.717) is 6.04 Å². The van der Waals surface area contributed by atoms with Gasteiger partial charge in [-0.1, -0.05) is 12.6 Å². The predicted molar refractivity (Wildman–Crippen MR) is 123 cm³/mol. The molecule has 0 spiro atoms. The first kappa shape index (κ1) is 22.1. The molecule has 1 saturated heterocycles. The fourth-order valence-corrected chi connectivity index (χ4v) is 3.94. The number of rotatable bonds is 8. The van der Waals surface area contributed by atoms with E-state index in [1.165, 1.54) is 12.5 Å². The van der Waals surface area contributed by atoms with E-state index in [1.54, 1.807) is 0 Å². The van der Waals surface area contributed by atoms with Gasteiger partial charge in [-0.05, 0) is 74.2 Å². The van der Waals surface area contributed by atoms with E-state index in [9.17, 15) is 4.39 Å². The molecule has 162 valence electrons. The fourth-order valence-electron chi connectivity index (χ4n) is 3.94. The molecule has 5 nitrogen and oxygen atoms in total. The molecule has 0 saturated carbocycles. The van der Waals surface area contributed by atoms with Crippen molar-refractivity contribution in [2.24, 2.45) is 0 Å². The molecule has 2 aromatic rings. The van der Waals surface area contributed by atoms with Crippen molar-refractivity contribution in [3.63, 3.8) is 0 Å². The zero-order valence-corrected chi connectivity index (χ0v) is 18.6. The fraction of sp³-hybridized carbons (Fsp3) is 0.458. The van der Waals surface area contributed by atoms with Crippen LogP contribution in [0.1, 0.15) is 49.4 Å². The third-order valence-corrected chi connectivity index (χ3v) is 5.44. The zero-order valence-electron chi connectivity index (χ0n) is 18.6. The molecule has 0 amide bonds. The van der Waals surface area contributed by atoms with Crippen molar-refractivity contribution in [3.05, 3.63) is 65.6 Å². The summed E-state index contributed by atoms with van der Waals surface area (Å²) in [7, 11) is 3.96. The third kappa shape index (κ3) is 5.72. The summed E-state index contributed by atoms with van der Waals surface area (Å²) in [5.41, 5.74) is 5.97. The second kappa shape index (κ2) is 9.94. The van der Waals surface area contributed by atoms with Crippen LogP contribution in [0.4, 0.5) is 10.1 Å². The zero-order chi connectivity index (χ0) is 21.7. The molecule has 0 bridgehead atoms. The van der Waals surface area contributed by atoms with Gasteiger partial charge >= 0.3 is 0 Å². The molecule has 1 aromatic heterocycles. The number of anilines is 1. The normalized spacial score (nSPS) is 16.4. The molecule has 1 aromatic carbocycles. The Bertz CT molecular complexity index is 891. The number of benzene rings is 1. The minimum absolute atomic E-state index is 0.478. The third-order valence-electron chi connectivity index (χ3n) is 5.44. The summed E-state index contributed by atoms with van der Waals surface area (Å²) in [5.74, 6) is 0. The van der Waals surface area contributed by atoms with Crippen molar-refractivity contribution in [1.82, 2.24) is 20.0 Å². The highest BCUT2D eigenvalue weighted by molar-refractivity contribution is 5.84. The van der Waals surface area contributed by atoms with Gasteiger partial charge in [0, 0.05) is 44.2 Å². The molecule has 1 unspecified atom stereocenters. The average Bonchev–Trinajstić information content (AvgIpc) is 3.17. The Balaban J connectivity index is 1.83. The minimum Gasteiger partial charge on any atom is -0.383 e. The summed E-state index contributed by atoms with van der Waals surface area (Å²) >= 11 is 0. The largest absolute Gasteiger partial charge is 0.383 e. The number of alkyl halides is 1. The topological polar surface area (TPSA) is 45.1 Å². The van der Waals surface area contributed by atoms with Crippen LogP contribution in [-0.4, -0.2) is 48.2 Å². The molecular weight excluding hydrogens is 377 g/mol. The van der Waals surface area contributed by atoms with Crippen molar-refractivity contribution in [2.45, 2.75) is 45.4 Å². The molecule has 0 radical (unpaired) electrons. The first-order valence-electron chi connectivity index (χ1n) is 10.6. The number of halogens is 1. The van der Waals surface area contributed by atoms with Crippen LogP contribution in [-0.2, 0) is 6.42 Å². The highest BCUT2D eigenvalue weighted by atomic mass is 19.1. The molecule has 1 aliphatic rings. The maximum atomic E-state index is 13.7. The van der Waals surface area contributed by atoms with Gasteiger partial charge in [-0.2, -0.15) is 5.10 Å². The van der Waals surface area contributed by atoms with Crippen LogP contribution in [0.25, 0.3) is 5.57 Å². The van der Waals surface area contributed by atoms with Gasteiger partial charge in [-0.3, -0.25) is 4.68 Å². The van der Waals surface area contributed by atoms with Crippen molar-refractivity contribution in [1.29, 1.82) is 0 Å². The van der Waals surface area contributed by atoms with E-state index in [-0.39, 0.29) is 0 Å². The van der Waals surface area contributed by atoms with E-state index in [4.69, 9.17) is 0 Å². The van der Waals surface area contributed by atoms with E-state index < -0.39 is 6.30 Å². The maximum absolute atomic E-state index is 13.7. The highest BCUT2D eigenvalue weighted by Crippen LogP contribution is 2.30. The lowest BCUT2D eigenvalue weighted by Crippen LogP contribution is -2.29. The van der Waals surface area contributed by atoms with Crippen molar-refractivity contribution in [2.75, 3.05) is 32.5 Å². The lowest BCUT2D eigenvalue weighted by molar-refractivity contribution is 0.343. The Morgan fingerprint density at radius 1 is 1.37 bits per heavy atom. The Hall–Kier alpha value is -2.60. The summed E-state index contributed by atoms with van der Waals surface area (Å²) in [6.45, 7) is 9.90. The molecular formula is C24H34FN5. The lowest BCUT2D eigenvalue weighted by Gasteiger charge is -2.22. The molecule has 1 fully saturated rings. The van der Waals surface area contributed by atoms with Crippen LogP contribution < -0.4 is 10.6 Å². The quantitative estimate of drug-likeness (QED) is 0.492. The number of aromatic nitrogens is 2. The van der Waals surface area contributed by atoms with Crippen LogP contribution in [0, 0.1) is 0 Å². The number of nitrogens with one attached hydrogen (secondary N) is 2. The number of nitrogens with zero attached hydrogens (tertiary/aromatic N) is 3. The second-order valence-corrected chi connectivity index (χ2v) is 8.38. The van der Waals surface area contributed by atoms with Crippen LogP contribution in [0.2, 0.25) is 0 Å². The Labute approximate surface area is 179 Å². The molecule has 1 aliphatic heterocycles. The molecule has 6 heteroatoms.